The molecule has 3 heteroatoms. The fourth-order valence-corrected chi connectivity index (χ4v) is 1.54. The van der Waals surface area contributed by atoms with E-state index in [2.05, 4.69) is 38.0 Å². The Morgan fingerprint density at radius 3 is 2.22 bits per heavy atom. The molecule has 0 fully saturated rings. The number of amides is 1. The first-order valence-electron chi connectivity index (χ1n) is 6.43. The van der Waals surface area contributed by atoms with Crippen LogP contribution in [0, 0.1) is 0 Å². The molecule has 18 heavy (non-hydrogen) atoms. The van der Waals surface area contributed by atoms with Crippen molar-refractivity contribution >= 4 is 5.91 Å². The van der Waals surface area contributed by atoms with Crippen molar-refractivity contribution in [1.29, 1.82) is 0 Å². The van der Waals surface area contributed by atoms with Gasteiger partial charge in [0.25, 0.3) is 5.91 Å². The average molecular weight is 248 g/mol. The van der Waals surface area contributed by atoms with Gasteiger partial charge in [-0.05, 0) is 52.4 Å². The fourth-order valence-electron chi connectivity index (χ4n) is 1.54. The second kappa shape index (κ2) is 6.01. The van der Waals surface area contributed by atoms with Crippen LogP contribution in [0.3, 0.4) is 0 Å². The summed E-state index contributed by atoms with van der Waals surface area (Å²) in [5, 5.41) is 2.80. The van der Waals surface area contributed by atoms with Crippen molar-refractivity contribution < 1.29 is 4.79 Å². The molecular weight excluding hydrogens is 224 g/mol. The molecule has 0 bridgehead atoms. The third-order valence-corrected chi connectivity index (χ3v) is 3.12. The third-order valence-electron chi connectivity index (χ3n) is 3.12. The minimum absolute atomic E-state index is 0.00627. The molecule has 0 atom stereocenters. The molecule has 100 valence electrons. The van der Waals surface area contributed by atoms with Crippen molar-refractivity contribution in [3.63, 3.8) is 0 Å². The van der Waals surface area contributed by atoms with Crippen LogP contribution in [-0.4, -0.2) is 29.9 Å². The summed E-state index contributed by atoms with van der Waals surface area (Å²) in [6.07, 6.45) is 0. The monoisotopic (exact) mass is 248 g/mol. The van der Waals surface area contributed by atoms with Crippen LogP contribution in [0.5, 0.6) is 0 Å². The maximum atomic E-state index is 11.6. The van der Waals surface area contributed by atoms with Crippen LogP contribution < -0.4 is 5.32 Å². The maximum Gasteiger partial charge on any atom is 0.251 e. The van der Waals surface area contributed by atoms with Gasteiger partial charge in [-0.25, -0.2) is 0 Å². The molecule has 1 aromatic carbocycles. The van der Waals surface area contributed by atoms with E-state index >= 15 is 0 Å². The smallest absolute Gasteiger partial charge is 0.251 e. The number of hydrogen-bond donors (Lipinski definition) is 1. The van der Waals surface area contributed by atoms with Crippen LogP contribution in [-0.2, 0) is 6.54 Å². The van der Waals surface area contributed by atoms with E-state index in [-0.39, 0.29) is 11.4 Å². The Morgan fingerprint density at radius 2 is 1.78 bits per heavy atom. The molecule has 0 heterocycles. The average Bonchev–Trinajstić information content (AvgIpc) is 2.29. The molecule has 0 aliphatic heterocycles. The summed E-state index contributed by atoms with van der Waals surface area (Å²) in [5.74, 6) is -0.00627. The summed E-state index contributed by atoms with van der Waals surface area (Å²) < 4.78 is 0. The molecule has 0 saturated carbocycles. The Morgan fingerprint density at radius 1 is 1.22 bits per heavy atom. The Kier molecular flexibility index (Phi) is 4.91. The lowest BCUT2D eigenvalue weighted by Gasteiger charge is -2.31. The van der Waals surface area contributed by atoms with Crippen molar-refractivity contribution in [3.8, 4) is 0 Å². The Hall–Kier alpha value is -1.35. The molecule has 0 saturated heterocycles. The lowest BCUT2D eigenvalue weighted by atomic mass is 10.0. The van der Waals surface area contributed by atoms with Gasteiger partial charge in [0.1, 0.15) is 0 Å². The van der Waals surface area contributed by atoms with Crippen LogP contribution in [0.2, 0.25) is 0 Å². The molecule has 0 aliphatic carbocycles. The highest BCUT2D eigenvalue weighted by Gasteiger charge is 2.16. The van der Waals surface area contributed by atoms with Crippen LogP contribution >= 0.6 is 0 Å². The molecule has 1 amide bonds. The first-order chi connectivity index (χ1) is 8.34. The second-order valence-corrected chi connectivity index (χ2v) is 5.58. The van der Waals surface area contributed by atoms with Crippen LogP contribution in [0.15, 0.2) is 24.3 Å². The summed E-state index contributed by atoms with van der Waals surface area (Å²) in [6, 6.07) is 7.81. The standard InChI is InChI=1S/C15H24N2O/c1-6-16-14(18)13-9-7-12(8-10-13)11-17(5)15(2,3)4/h7-10H,6,11H2,1-5H3,(H,16,18). The molecule has 1 N–H and O–H groups in total. The number of hydrogen-bond acceptors (Lipinski definition) is 2. The molecule has 0 radical (unpaired) electrons. The molecule has 1 rings (SSSR count). The van der Waals surface area contributed by atoms with Gasteiger partial charge in [-0.1, -0.05) is 12.1 Å². The van der Waals surface area contributed by atoms with Crippen molar-refractivity contribution in [3.05, 3.63) is 35.4 Å². The largest absolute Gasteiger partial charge is 0.352 e. The van der Waals surface area contributed by atoms with Gasteiger partial charge in [0.2, 0.25) is 0 Å². The number of nitrogens with one attached hydrogen (secondary N) is 1. The Labute approximate surface area is 110 Å². The molecule has 0 aliphatic rings. The van der Waals surface area contributed by atoms with Crippen molar-refractivity contribution in [1.82, 2.24) is 10.2 Å². The zero-order valence-corrected chi connectivity index (χ0v) is 12.1. The minimum atomic E-state index is -0.00627. The maximum absolute atomic E-state index is 11.6. The van der Waals surface area contributed by atoms with E-state index in [1.54, 1.807) is 0 Å². The van der Waals surface area contributed by atoms with E-state index in [1.165, 1.54) is 5.56 Å². The zero-order valence-electron chi connectivity index (χ0n) is 12.1. The number of carbonyl (C=O) groups is 1. The predicted molar refractivity (Wildman–Crippen MR) is 75.7 cm³/mol. The van der Waals surface area contributed by atoms with E-state index in [4.69, 9.17) is 0 Å². The van der Waals surface area contributed by atoms with Gasteiger partial charge < -0.3 is 5.32 Å². The Balaban J connectivity index is 2.69. The van der Waals surface area contributed by atoms with E-state index in [0.717, 1.165) is 12.1 Å². The van der Waals surface area contributed by atoms with Crippen molar-refractivity contribution in [2.45, 2.75) is 39.8 Å². The van der Waals surface area contributed by atoms with Gasteiger partial charge in [-0.15, -0.1) is 0 Å². The molecule has 0 aromatic heterocycles. The molecule has 1 aromatic rings. The summed E-state index contributed by atoms with van der Waals surface area (Å²) in [5.41, 5.74) is 2.10. The number of rotatable bonds is 4. The molecule has 0 spiro atoms. The van der Waals surface area contributed by atoms with E-state index in [1.807, 2.05) is 31.2 Å². The fraction of sp³-hybridized carbons (Fsp3) is 0.533. The molecule has 3 nitrogen and oxygen atoms in total. The van der Waals surface area contributed by atoms with Gasteiger partial charge in [-0.2, -0.15) is 0 Å². The van der Waals surface area contributed by atoms with Crippen LogP contribution in [0.1, 0.15) is 43.6 Å². The van der Waals surface area contributed by atoms with Gasteiger partial charge in [0, 0.05) is 24.2 Å². The SMILES string of the molecule is CCNC(=O)c1ccc(CN(C)C(C)(C)C)cc1. The van der Waals surface area contributed by atoms with Gasteiger partial charge >= 0.3 is 0 Å². The second-order valence-electron chi connectivity index (χ2n) is 5.58. The highest BCUT2D eigenvalue weighted by atomic mass is 16.1. The van der Waals surface area contributed by atoms with Gasteiger partial charge in [-0.3, -0.25) is 9.69 Å². The molecule has 0 unspecified atom stereocenters. The van der Waals surface area contributed by atoms with Gasteiger partial charge in [0.15, 0.2) is 0 Å². The van der Waals surface area contributed by atoms with Gasteiger partial charge in [0.05, 0.1) is 0 Å². The zero-order chi connectivity index (χ0) is 13.8. The number of nitrogens with zero attached hydrogens (tertiary/aromatic N) is 1. The van der Waals surface area contributed by atoms with Crippen LogP contribution in [0.25, 0.3) is 0 Å². The summed E-state index contributed by atoms with van der Waals surface area (Å²) in [6.45, 7) is 10.0. The van der Waals surface area contributed by atoms with Crippen molar-refractivity contribution in [2.24, 2.45) is 0 Å². The first-order valence-corrected chi connectivity index (χ1v) is 6.43. The highest BCUT2D eigenvalue weighted by Crippen LogP contribution is 2.15. The topological polar surface area (TPSA) is 32.3 Å². The first kappa shape index (κ1) is 14.7. The Bertz CT molecular complexity index is 390. The predicted octanol–water partition coefficient (Wildman–Crippen LogP) is 2.67. The van der Waals surface area contributed by atoms with Crippen molar-refractivity contribution in [2.75, 3.05) is 13.6 Å². The van der Waals surface area contributed by atoms with E-state index in [9.17, 15) is 4.79 Å². The summed E-state index contributed by atoms with van der Waals surface area (Å²) >= 11 is 0. The normalized spacial score (nSPS) is 11.7. The van der Waals surface area contributed by atoms with Crippen LogP contribution in [0.4, 0.5) is 0 Å². The minimum Gasteiger partial charge on any atom is -0.352 e. The summed E-state index contributed by atoms with van der Waals surface area (Å²) in [7, 11) is 2.11. The summed E-state index contributed by atoms with van der Waals surface area (Å²) in [4.78, 5) is 13.9. The third kappa shape index (κ3) is 4.15. The number of benzene rings is 1. The van der Waals surface area contributed by atoms with E-state index < -0.39 is 0 Å². The van der Waals surface area contributed by atoms with E-state index in [0.29, 0.717) is 6.54 Å². The quantitative estimate of drug-likeness (QED) is 0.888. The molecular formula is C15H24N2O. The number of carbonyl (C=O) groups excluding carboxylic acids is 1. The highest BCUT2D eigenvalue weighted by molar-refractivity contribution is 5.94. The lowest BCUT2D eigenvalue weighted by Crippen LogP contribution is -2.37. The lowest BCUT2D eigenvalue weighted by molar-refractivity contribution is 0.0955.